The number of piperidine rings is 1. The van der Waals surface area contributed by atoms with Gasteiger partial charge in [-0.05, 0) is 19.4 Å². The van der Waals surface area contributed by atoms with Crippen LogP contribution in [0, 0.1) is 0 Å². The highest BCUT2D eigenvalue weighted by atomic mass is 16.3. The number of likely N-dealkylation sites (tertiary alicyclic amines) is 1. The minimum Gasteiger partial charge on any atom is -0.395 e. The molecule has 3 N–H and O–H groups in total. The van der Waals surface area contributed by atoms with Gasteiger partial charge in [0.05, 0.1) is 24.9 Å². The molecule has 0 radical (unpaired) electrons. The van der Waals surface area contributed by atoms with Crippen LogP contribution in [-0.4, -0.2) is 58.2 Å². The van der Waals surface area contributed by atoms with Gasteiger partial charge in [-0.15, -0.1) is 0 Å². The molecule has 1 aliphatic heterocycles. The molecule has 0 aromatic rings. The van der Waals surface area contributed by atoms with E-state index in [0.29, 0.717) is 6.42 Å². The van der Waals surface area contributed by atoms with Crippen LogP contribution >= 0.6 is 0 Å². The molecule has 4 nitrogen and oxygen atoms in total. The number of aliphatic hydroxyl groups is 3. The van der Waals surface area contributed by atoms with Crippen molar-refractivity contribution in [1.29, 1.82) is 0 Å². The quantitative estimate of drug-likeness (QED) is 0.579. The van der Waals surface area contributed by atoms with Gasteiger partial charge >= 0.3 is 0 Å². The van der Waals surface area contributed by atoms with Crippen molar-refractivity contribution in [3.63, 3.8) is 0 Å². The molecule has 0 spiro atoms. The van der Waals surface area contributed by atoms with Crippen molar-refractivity contribution in [2.45, 2.75) is 63.7 Å². The van der Waals surface area contributed by atoms with Gasteiger partial charge in [0.1, 0.15) is 0 Å². The highest BCUT2D eigenvalue weighted by Gasteiger charge is 2.34. The van der Waals surface area contributed by atoms with Crippen molar-refractivity contribution in [1.82, 2.24) is 4.90 Å². The van der Waals surface area contributed by atoms with Crippen LogP contribution in [0.15, 0.2) is 0 Å². The minimum atomic E-state index is -0.801. The van der Waals surface area contributed by atoms with E-state index in [2.05, 4.69) is 11.8 Å². The zero-order valence-electron chi connectivity index (χ0n) is 10.9. The first kappa shape index (κ1) is 14.9. The van der Waals surface area contributed by atoms with Crippen molar-refractivity contribution in [2.24, 2.45) is 0 Å². The summed E-state index contributed by atoms with van der Waals surface area (Å²) in [5.41, 5.74) is 0. The highest BCUT2D eigenvalue weighted by molar-refractivity contribution is 4.88. The predicted octanol–water partition coefficient (Wildman–Crippen LogP) is 0.745. The van der Waals surface area contributed by atoms with E-state index in [1.165, 1.54) is 25.7 Å². The molecule has 102 valence electrons. The molecule has 0 bridgehead atoms. The summed E-state index contributed by atoms with van der Waals surface area (Å²) in [7, 11) is 0. The lowest BCUT2D eigenvalue weighted by molar-refractivity contribution is -0.0896. The number of nitrogens with zero attached hydrogens (tertiary/aromatic N) is 1. The molecule has 1 aliphatic rings. The first-order valence-electron chi connectivity index (χ1n) is 6.91. The molecule has 0 aliphatic carbocycles. The van der Waals surface area contributed by atoms with E-state index in [4.69, 9.17) is 0 Å². The Balaban J connectivity index is 2.26. The average Bonchev–Trinajstić information content (AvgIpc) is 2.33. The second-order valence-electron chi connectivity index (χ2n) is 5.05. The molecule has 1 heterocycles. The Kier molecular flexibility index (Phi) is 7.04. The molecule has 0 amide bonds. The molecular formula is C13H27NO3. The molecule has 0 aromatic carbocycles. The Morgan fingerprint density at radius 1 is 1.12 bits per heavy atom. The predicted molar refractivity (Wildman–Crippen MR) is 67.8 cm³/mol. The van der Waals surface area contributed by atoms with Crippen molar-refractivity contribution in [2.75, 3.05) is 19.7 Å². The maximum Gasteiger partial charge on any atom is 0.0976 e. The molecule has 3 unspecified atom stereocenters. The van der Waals surface area contributed by atoms with E-state index in [1.807, 2.05) is 0 Å². The zero-order chi connectivity index (χ0) is 12.7. The van der Waals surface area contributed by atoms with Gasteiger partial charge < -0.3 is 15.3 Å². The van der Waals surface area contributed by atoms with Crippen molar-refractivity contribution in [3.8, 4) is 0 Å². The largest absolute Gasteiger partial charge is 0.395 e. The average molecular weight is 245 g/mol. The third kappa shape index (κ3) is 4.54. The van der Waals surface area contributed by atoms with E-state index in [9.17, 15) is 15.3 Å². The molecule has 3 atom stereocenters. The Morgan fingerprint density at radius 3 is 2.47 bits per heavy atom. The molecule has 17 heavy (non-hydrogen) atoms. The van der Waals surface area contributed by atoms with Crippen LogP contribution in [-0.2, 0) is 0 Å². The lowest BCUT2D eigenvalue weighted by atomic mass is 9.96. The molecular weight excluding hydrogens is 218 g/mol. The van der Waals surface area contributed by atoms with Crippen LogP contribution in [0.25, 0.3) is 0 Å². The van der Waals surface area contributed by atoms with Gasteiger partial charge in [0, 0.05) is 6.54 Å². The fraction of sp³-hybridized carbons (Fsp3) is 1.00. The van der Waals surface area contributed by atoms with Crippen molar-refractivity contribution >= 4 is 0 Å². The molecule has 1 saturated heterocycles. The molecule has 0 aromatic heterocycles. The summed E-state index contributed by atoms with van der Waals surface area (Å²) in [4.78, 5) is 2.11. The smallest absolute Gasteiger partial charge is 0.0976 e. The van der Waals surface area contributed by atoms with E-state index < -0.39 is 12.2 Å². The number of unbranched alkanes of at least 4 members (excludes halogenated alkanes) is 4. The summed E-state index contributed by atoms with van der Waals surface area (Å²) in [6.45, 7) is 3.81. The normalized spacial score (nSPS) is 30.7. The van der Waals surface area contributed by atoms with Crippen molar-refractivity contribution in [3.05, 3.63) is 0 Å². The number of hydrogen-bond donors (Lipinski definition) is 3. The summed E-state index contributed by atoms with van der Waals surface area (Å²) in [6, 6.07) is -0.287. The van der Waals surface area contributed by atoms with Gasteiger partial charge in [0.15, 0.2) is 0 Å². The fourth-order valence-electron chi connectivity index (χ4n) is 2.53. The first-order valence-corrected chi connectivity index (χ1v) is 6.91. The van der Waals surface area contributed by atoms with Crippen LogP contribution in [0.4, 0.5) is 0 Å². The van der Waals surface area contributed by atoms with Crippen LogP contribution in [0.3, 0.4) is 0 Å². The third-order valence-electron chi connectivity index (χ3n) is 3.71. The first-order chi connectivity index (χ1) is 8.20. The van der Waals surface area contributed by atoms with Crippen LogP contribution < -0.4 is 0 Å². The topological polar surface area (TPSA) is 63.9 Å². The summed E-state index contributed by atoms with van der Waals surface area (Å²) in [5.74, 6) is 0. The van der Waals surface area contributed by atoms with Crippen LogP contribution in [0.1, 0.15) is 45.4 Å². The fourth-order valence-corrected chi connectivity index (χ4v) is 2.53. The standard InChI is InChI=1S/C13H27NO3/c1-2-3-4-5-6-8-14-9-7-12(16)13(17)11(14)10-15/h11-13,15-17H,2-10H2,1H3. The van der Waals surface area contributed by atoms with Crippen molar-refractivity contribution < 1.29 is 15.3 Å². The maximum absolute atomic E-state index is 9.80. The van der Waals surface area contributed by atoms with Gasteiger partial charge in [0.2, 0.25) is 0 Å². The number of aliphatic hydroxyl groups excluding tert-OH is 3. The summed E-state index contributed by atoms with van der Waals surface area (Å²) in [5, 5.41) is 28.6. The number of hydrogen-bond acceptors (Lipinski definition) is 4. The van der Waals surface area contributed by atoms with Gasteiger partial charge in [-0.3, -0.25) is 4.90 Å². The highest BCUT2D eigenvalue weighted by Crippen LogP contribution is 2.19. The molecule has 0 saturated carbocycles. The maximum atomic E-state index is 9.80. The second-order valence-corrected chi connectivity index (χ2v) is 5.05. The van der Waals surface area contributed by atoms with Gasteiger partial charge in [-0.1, -0.05) is 32.6 Å². The SMILES string of the molecule is CCCCCCCN1CCC(O)C(O)C1CO. The molecule has 4 heteroatoms. The van der Waals surface area contributed by atoms with Crippen LogP contribution in [0.5, 0.6) is 0 Å². The monoisotopic (exact) mass is 245 g/mol. The van der Waals surface area contributed by atoms with E-state index >= 15 is 0 Å². The molecule has 1 fully saturated rings. The number of rotatable bonds is 7. The lowest BCUT2D eigenvalue weighted by Gasteiger charge is -2.40. The van der Waals surface area contributed by atoms with Crippen LogP contribution in [0.2, 0.25) is 0 Å². The molecule has 1 rings (SSSR count). The minimum absolute atomic E-state index is 0.0762. The van der Waals surface area contributed by atoms with Gasteiger partial charge in [-0.2, -0.15) is 0 Å². The van der Waals surface area contributed by atoms with E-state index in [-0.39, 0.29) is 12.6 Å². The van der Waals surface area contributed by atoms with E-state index in [1.54, 1.807) is 0 Å². The summed E-state index contributed by atoms with van der Waals surface area (Å²) < 4.78 is 0. The second kappa shape index (κ2) is 8.03. The Morgan fingerprint density at radius 2 is 1.82 bits per heavy atom. The summed E-state index contributed by atoms with van der Waals surface area (Å²) in [6.07, 6.45) is 5.23. The van der Waals surface area contributed by atoms with E-state index in [0.717, 1.165) is 19.5 Å². The Labute approximate surface area is 104 Å². The van der Waals surface area contributed by atoms with Gasteiger partial charge in [0.25, 0.3) is 0 Å². The summed E-state index contributed by atoms with van der Waals surface area (Å²) >= 11 is 0. The Bertz CT molecular complexity index is 201. The Hall–Kier alpha value is -0.160. The third-order valence-corrected chi connectivity index (χ3v) is 3.71. The van der Waals surface area contributed by atoms with Gasteiger partial charge in [-0.25, -0.2) is 0 Å². The lowest BCUT2D eigenvalue weighted by Crippen LogP contribution is -2.56. The zero-order valence-corrected chi connectivity index (χ0v) is 10.9.